The van der Waals surface area contributed by atoms with Crippen LogP contribution < -0.4 is 10.2 Å². The van der Waals surface area contributed by atoms with Crippen molar-refractivity contribution in [1.82, 2.24) is 0 Å². The lowest BCUT2D eigenvalue weighted by Crippen LogP contribution is -2.23. The third-order valence-corrected chi connectivity index (χ3v) is 3.67. The number of halogens is 3. The minimum atomic E-state index is -4.60. The topological polar surface area (TPSA) is 22.8 Å². The van der Waals surface area contributed by atoms with Crippen LogP contribution in [0.5, 0.6) is 11.5 Å². The van der Waals surface area contributed by atoms with E-state index in [0.29, 0.717) is 12.4 Å². The number of ether oxygens (including phenoxy) is 1. The number of benzene rings is 2. The Hall–Kier alpha value is -2.46. The molecule has 0 N–H and O–H groups in total. The molecule has 0 saturated heterocycles. The van der Waals surface area contributed by atoms with Crippen molar-refractivity contribution in [3.05, 3.63) is 58.9 Å². The van der Waals surface area contributed by atoms with E-state index >= 15 is 0 Å². The van der Waals surface area contributed by atoms with Crippen molar-refractivity contribution < 1.29 is 22.6 Å². The quantitative estimate of drug-likeness (QED) is 0.605. The summed E-state index contributed by atoms with van der Waals surface area (Å²) in [7, 11) is 0. The molecule has 0 spiro atoms. The average Bonchev–Trinajstić information content (AvgIpc) is 2.87. The zero-order chi connectivity index (χ0) is 16.6. The predicted octanol–water partition coefficient (Wildman–Crippen LogP) is 4.41. The van der Waals surface area contributed by atoms with E-state index in [9.17, 15) is 13.2 Å². The van der Waals surface area contributed by atoms with E-state index in [1.54, 1.807) is 12.1 Å². The van der Waals surface area contributed by atoms with Crippen LogP contribution in [0.3, 0.4) is 0 Å². The smallest absolute Gasteiger partial charge is 0.407 e. The molecule has 7 heteroatoms. The summed E-state index contributed by atoms with van der Waals surface area (Å²) in [5.74, 6) is 0.474. The second-order valence-corrected chi connectivity index (χ2v) is 5.20. The van der Waals surface area contributed by atoms with E-state index in [2.05, 4.69) is 4.85 Å². The summed E-state index contributed by atoms with van der Waals surface area (Å²) in [5, 5.41) is 0. The second kappa shape index (κ2) is 5.63. The van der Waals surface area contributed by atoms with E-state index in [-0.39, 0.29) is 12.7 Å². The van der Waals surface area contributed by atoms with Gasteiger partial charge in [0.2, 0.25) is 0 Å². The molecule has 1 aliphatic heterocycles. The van der Waals surface area contributed by atoms with Crippen LogP contribution in [0.4, 0.5) is 18.9 Å². The van der Waals surface area contributed by atoms with Crippen molar-refractivity contribution in [1.29, 1.82) is 0 Å². The van der Waals surface area contributed by atoms with Crippen LogP contribution in [0.1, 0.15) is 11.1 Å². The highest BCUT2D eigenvalue weighted by Gasteiger charge is 2.34. The number of alkyl halides is 3. The van der Waals surface area contributed by atoms with Gasteiger partial charge in [-0.3, -0.25) is 0 Å². The number of rotatable bonds is 2. The summed E-state index contributed by atoms with van der Waals surface area (Å²) in [6, 6.07) is 8.62. The van der Waals surface area contributed by atoms with Crippen molar-refractivity contribution in [2.24, 2.45) is 0 Å². The van der Waals surface area contributed by atoms with E-state index in [1.165, 1.54) is 6.07 Å². The number of hydrogen-bond acceptors (Lipinski definition) is 2. The van der Waals surface area contributed by atoms with Crippen LogP contribution >= 0.6 is 0 Å². The van der Waals surface area contributed by atoms with Gasteiger partial charge in [0.1, 0.15) is 11.5 Å². The molecule has 0 radical (unpaired) electrons. The first-order chi connectivity index (χ1) is 10.9. The molecule has 3 nitrogen and oxygen atoms in total. The highest BCUT2D eigenvalue weighted by Crippen LogP contribution is 2.39. The van der Waals surface area contributed by atoms with Gasteiger partial charge in [-0.1, -0.05) is 19.0 Å². The van der Waals surface area contributed by atoms with Gasteiger partial charge in [-0.15, -0.1) is 0 Å². The molecule has 2 aromatic carbocycles. The fourth-order valence-electron chi connectivity index (χ4n) is 2.51. The van der Waals surface area contributed by atoms with Crippen LogP contribution in [-0.2, 0) is 17.4 Å². The molecule has 3 rings (SSSR count). The van der Waals surface area contributed by atoms with E-state index in [4.69, 9.17) is 16.0 Å². The van der Waals surface area contributed by atoms with Crippen LogP contribution in [0, 0.1) is 6.57 Å². The summed E-state index contributed by atoms with van der Waals surface area (Å²) in [6.45, 7) is 9.23. The summed E-state index contributed by atoms with van der Waals surface area (Å²) in [4.78, 5) is 2.90. The van der Waals surface area contributed by atoms with Gasteiger partial charge >= 0.3 is 13.1 Å². The molecule has 116 valence electrons. The molecule has 0 unspecified atom stereocenters. The Balaban J connectivity index is 1.91. The summed E-state index contributed by atoms with van der Waals surface area (Å²) >= 11 is 0. The molecule has 0 amide bonds. The highest BCUT2D eigenvalue weighted by molar-refractivity contribution is 6.67. The molecule has 0 atom stereocenters. The zero-order valence-electron chi connectivity index (χ0n) is 12.1. The SMILES string of the molecule is [C-]#[N+]c1ccc(Oc2ccc3c(c2)COB3C)cc1C(F)(F)F. The molecule has 23 heavy (non-hydrogen) atoms. The maximum Gasteiger partial charge on any atom is 0.407 e. The van der Waals surface area contributed by atoms with Gasteiger partial charge in [-0.2, -0.15) is 13.2 Å². The fraction of sp³-hybridized carbons (Fsp3) is 0.188. The molecule has 0 aliphatic carbocycles. The Kier molecular flexibility index (Phi) is 3.78. The average molecular weight is 317 g/mol. The molecule has 2 aromatic rings. The minimum Gasteiger partial charge on any atom is -0.457 e. The van der Waals surface area contributed by atoms with E-state index in [1.807, 2.05) is 12.9 Å². The van der Waals surface area contributed by atoms with Crippen molar-refractivity contribution >= 4 is 18.1 Å². The van der Waals surface area contributed by atoms with Crippen molar-refractivity contribution in [2.75, 3.05) is 0 Å². The lowest BCUT2D eigenvalue weighted by Gasteiger charge is -2.12. The lowest BCUT2D eigenvalue weighted by atomic mass is 9.64. The summed E-state index contributed by atoms with van der Waals surface area (Å²) in [5.41, 5.74) is 0.574. The second-order valence-electron chi connectivity index (χ2n) is 5.20. The first-order valence-corrected chi connectivity index (χ1v) is 6.89. The summed E-state index contributed by atoms with van der Waals surface area (Å²) < 4.78 is 49.9. The maximum absolute atomic E-state index is 13.0. The molecule has 0 bridgehead atoms. The van der Waals surface area contributed by atoms with E-state index in [0.717, 1.165) is 23.2 Å². The molecule has 1 heterocycles. The lowest BCUT2D eigenvalue weighted by molar-refractivity contribution is -0.136. The van der Waals surface area contributed by atoms with Gasteiger partial charge in [0, 0.05) is 0 Å². The predicted molar refractivity (Wildman–Crippen MR) is 80.3 cm³/mol. The molecular weight excluding hydrogens is 306 g/mol. The standard InChI is InChI=1S/C16H11BF3NO2/c1-17-14-5-3-11(7-10(14)9-22-17)23-12-4-6-15(21-2)13(8-12)16(18,19)20/h3-8H,9H2,1H3. The first-order valence-electron chi connectivity index (χ1n) is 6.89. The molecule has 0 fully saturated rings. The number of fused-ring (bicyclic) bond motifs is 1. The van der Waals surface area contributed by atoms with Gasteiger partial charge in [-0.25, -0.2) is 4.85 Å². The van der Waals surface area contributed by atoms with Gasteiger partial charge in [0.25, 0.3) is 0 Å². The summed E-state index contributed by atoms with van der Waals surface area (Å²) in [6.07, 6.45) is -4.60. The van der Waals surface area contributed by atoms with Crippen molar-refractivity contribution in [3.8, 4) is 11.5 Å². The number of hydrogen-bond donors (Lipinski definition) is 0. The third kappa shape index (κ3) is 3.03. The van der Waals surface area contributed by atoms with Crippen LogP contribution in [0.15, 0.2) is 36.4 Å². The molecule has 0 aromatic heterocycles. The van der Waals surface area contributed by atoms with Gasteiger partial charge in [0.15, 0.2) is 5.69 Å². The monoisotopic (exact) mass is 317 g/mol. The van der Waals surface area contributed by atoms with Crippen molar-refractivity contribution in [2.45, 2.75) is 19.6 Å². The Morgan fingerprint density at radius 3 is 2.57 bits per heavy atom. The highest BCUT2D eigenvalue weighted by atomic mass is 19.4. The molecule has 1 aliphatic rings. The van der Waals surface area contributed by atoms with Gasteiger partial charge < -0.3 is 9.39 Å². The Labute approximate surface area is 131 Å². The Morgan fingerprint density at radius 2 is 1.87 bits per heavy atom. The Bertz CT molecular complexity index is 799. The first kappa shape index (κ1) is 15.4. The van der Waals surface area contributed by atoms with Gasteiger partial charge in [0.05, 0.1) is 18.7 Å². The normalized spacial score (nSPS) is 13.6. The van der Waals surface area contributed by atoms with E-state index < -0.39 is 17.4 Å². The maximum atomic E-state index is 13.0. The van der Waals surface area contributed by atoms with Crippen molar-refractivity contribution in [3.63, 3.8) is 0 Å². The van der Waals surface area contributed by atoms with Crippen LogP contribution in [0.2, 0.25) is 6.82 Å². The molecule has 0 saturated carbocycles. The number of nitrogens with zero attached hydrogens (tertiary/aromatic N) is 1. The largest absolute Gasteiger partial charge is 0.457 e. The Morgan fingerprint density at radius 1 is 1.17 bits per heavy atom. The zero-order valence-corrected chi connectivity index (χ0v) is 12.1. The third-order valence-electron chi connectivity index (χ3n) is 3.67. The minimum absolute atomic E-state index is 0.00818. The van der Waals surface area contributed by atoms with Gasteiger partial charge in [-0.05, 0) is 35.3 Å². The van der Waals surface area contributed by atoms with Crippen LogP contribution in [-0.4, -0.2) is 6.92 Å². The fourth-order valence-corrected chi connectivity index (χ4v) is 2.51. The molecular formula is C16H11BF3NO2. The van der Waals surface area contributed by atoms with Crippen LogP contribution in [0.25, 0.3) is 4.85 Å².